The summed E-state index contributed by atoms with van der Waals surface area (Å²) in [6, 6.07) is 10.0. The fourth-order valence-corrected chi connectivity index (χ4v) is 4.19. The summed E-state index contributed by atoms with van der Waals surface area (Å²) < 4.78 is 54.6. The third-order valence-corrected chi connectivity index (χ3v) is 5.96. The molecule has 0 atom stereocenters. The first-order valence-electron chi connectivity index (χ1n) is 12.8. The van der Waals surface area contributed by atoms with Gasteiger partial charge in [0.2, 0.25) is 5.91 Å². The molecule has 41 heavy (non-hydrogen) atoms. The lowest BCUT2D eigenvalue weighted by atomic mass is 10.1. The molecule has 4 rings (SSSR count). The van der Waals surface area contributed by atoms with Gasteiger partial charge in [-0.25, -0.2) is 9.48 Å². The second kappa shape index (κ2) is 12.0. The molecule has 0 saturated carbocycles. The maximum Gasteiger partial charge on any atom is 0.418 e. The van der Waals surface area contributed by atoms with E-state index >= 15 is 0 Å². The summed E-state index contributed by atoms with van der Waals surface area (Å²) in [5, 5.41) is 8.92. The maximum absolute atomic E-state index is 14.2. The Morgan fingerprint density at radius 3 is 2.34 bits per heavy atom. The van der Waals surface area contributed by atoms with Crippen LogP contribution in [0.2, 0.25) is 0 Å². The van der Waals surface area contributed by atoms with E-state index in [0.29, 0.717) is 5.69 Å². The Kier molecular flexibility index (Phi) is 8.66. The smallest absolute Gasteiger partial charge is 0.418 e. The van der Waals surface area contributed by atoms with Gasteiger partial charge in [-0.05, 0) is 51.1 Å². The number of anilines is 3. The van der Waals surface area contributed by atoms with Gasteiger partial charge in [0.1, 0.15) is 5.60 Å². The van der Waals surface area contributed by atoms with Crippen LogP contribution in [-0.4, -0.2) is 59.5 Å². The zero-order chi connectivity index (χ0) is 29.8. The molecule has 2 amide bonds. The van der Waals surface area contributed by atoms with Crippen LogP contribution in [0, 0.1) is 0 Å². The van der Waals surface area contributed by atoms with Crippen LogP contribution in [-0.2, 0) is 20.4 Å². The molecule has 0 aliphatic carbocycles. The minimum Gasteiger partial charge on any atom is -0.444 e. The Morgan fingerprint density at radius 2 is 1.71 bits per heavy atom. The second-order valence-corrected chi connectivity index (χ2v) is 10.3. The first kappa shape index (κ1) is 29.6. The Labute approximate surface area is 234 Å². The summed E-state index contributed by atoms with van der Waals surface area (Å²) in [6.45, 7) is 5.76. The zero-order valence-corrected chi connectivity index (χ0v) is 22.7. The molecule has 0 bridgehead atoms. The highest BCUT2D eigenvalue weighted by Gasteiger charge is 2.37. The van der Waals surface area contributed by atoms with Crippen molar-refractivity contribution >= 4 is 34.8 Å². The molecule has 2 N–H and O–H groups in total. The van der Waals surface area contributed by atoms with Gasteiger partial charge in [-0.3, -0.25) is 14.9 Å². The first-order valence-corrected chi connectivity index (χ1v) is 12.8. The molecule has 1 aliphatic rings. The van der Waals surface area contributed by atoms with E-state index in [1.54, 1.807) is 62.1 Å². The molecule has 0 unspecified atom stereocenters. The summed E-state index contributed by atoms with van der Waals surface area (Å²) >= 11 is 0. The third-order valence-electron chi connectivity index (χ3n) is 5.96. The van der Waals surface area contributed by atoms with E-state index in [2.05, 4.69) is 15.7 Å². The number of carbonyl (C=O) groups is 3. The highest BCUT2D eigenvalue weighted by molar-refractivity contribution is 6.12. The van der Waals surface area contributed by atoms with Gasteiger partial charge >= 0.3 is 12.3 Å². The lowest BCUT2D eigenvalue weighted by Crippen LogP contribution is -2.37. The van der Waals surface area contributed by atoms with Gasteiger partial charge in [-0.2, -0.15) is 18.3 Å². The van der Waals surface area contributed by atoms with Crippen LogP contribution in [0.15, 0.2) is 54.9 Å². The summed E-state index contributed by atoms with van der Waals surface area (Å²) in [7, 11) is 0. The van der Waals surface area contributed by atoms with Crippen molar-refractivity contribution in [2.75, 3.05) is 41.8 Å². The number of hydrogen-bond donors (Lipinski definition) is 2. The van der Waals surface area contributed by atoms with E-state index in [1.165, 1.54) is 11.0 Å². The van der Waals surface area contributed by atoms with Crippen LogP contribution in [0.3, 0.4) is 0 Å². The lowest BCUT2D eigenvalue weighted by molar-refractivity contribution is -0.137. The highest BCUT2D eigenvalue weighted by Crippen LogP contribution is 2.42. The van der Waals surface area contributed by atoms with E-state index in [4.69, 9.17) is 9.47 Å². The number of nitrogens with zero attached hydrogens (tertiary/aromatic N) is 3. The molecule has 1 aliphatic heterocycles. The largest absolute Gasteiger partial charge is 0.444 e. The van der Waals surface area contributed by atoms with E-state index in [9.17, 15) is 27.6 Å². The molecular weight excluding hydrogens is 543 g/mol. The molecule has 3 aromatic rings. The predicted molar refractivity (Wildman–Crippen MR) is 145 cm³/mol. The Bertz CT molecular complexity index is 1410. The number of morpholine rings is 1. The number of Topliss-reactive ketones (excluding diaryl/α,β-unsaturated/α-hetero) is 1. The minimum atomic E-state index is -4.78. The number of alkyl halides is 3. The number of hydrogen-bond acceptors (Lipinski definition) is 7. The van der Waals surface area contributed by atoms with Gasteiger partial charge in [-0.1, -0.05) is 12.1 Å². The maximum atomic E-state index is 14.2. The molecule has 1 fully saturated rings. The molecule has 2 aromatic carbocycles. The van der Waals surface area contributed by atoms with E-state index in [0.717, 1.165) is 12.1 Å². The predicted octanol–water partition coefficient (Wildman–Crippen LogP) is 5.29. The molecule has 0 radical (unpaired) electrons. The molecule has 13 heteroatoms. The number of halogens is 3. The third kappa shape index (κ3) is 7.84. The number of rotatable bonds is 7. The molecule has 10 nitrogen and oxygen atoms in total. The second-order valence-electron chi connectivity index (χ2n) is 10.3. The van der Waals surface area contributed by atoms with Crippen molar-refractivity contribution in [1.82, 2.24) is 9.78 Å². The number of ether oxygens (including phenoxy) is 2. The van der Waals surface area contributed by atoms with Gasteiger partial charge in [0.25, 0.3) is 0 Å². The van der Waals surface area contributed by atoms with Crippen molar-refractivity contribution in [3.8, 4) is 5.69 Å². The van der Waals surface area contributed by atoms with E-state index < -0.39 is 41.5 Å². The fourth-order valence-electron chi connectivity index (χ4n) is 4.19. The van der Waals surface area contributed by atoms with Crippen LogP contribution in [0.25, 0.3) is 5.69 Å². The van der Waals surface area contributed by atoms with Gasteiger partial charge in [0, 0.05) is 31.0 Å². The van der Waals surface area contributed by atoms with Crippen molar-refractivity contribution in [2.45, 2.75) is 39.0 Å². The number of benzene rings is 2. The van der Waals surface area contributed by atoms with Gasteiger partial charge < -0.3 is 19.7 Å². The number of nitrogens with one attached hydrogen (secondary N) is 2. The normalized spacial score (nSPS) is 14.0. The van der Waals surface area contributed by atoms with Crippen LogP contribution >= 0.6 is 0 Å². The SMILES string of the molecule is CC(C)(C)OC(=O)Nc1cc(N2CCOCC2)c(C(F)(F)F)cc1NC(=O)CC(=O)c1cccc(-n2cccn2)c1. The molecular formula is C28H30F3N5O5. The van der Waals surface area contributed by atoms with Crippen LogP contribution in [0.4, 0.5) is 35.0 Å². The molecule has 2 heterocycles. The van der Waals surface area contributed by atoms with Crippen LogP contribution in [0.5, 0.6) is 0 Å². The van der Waals surface area contributed by atoms with Crippen LogP contribution in [0.1, 0.15) is 43.1 Å². The summed E-state index contributed by atoms with van der Waals surface area (Å²) in [6.07, 6.45) is -3.09. The fraction of sp³-hybridized carbons (Fsp3) is 0.357. The van der Waals surface area contributed by atoms with Crippen molar-refractivity contribution in [3.63, 3.8) is 0 Å². The standard InChI is InChI=1S/C28H30F3N5O5/c1-27(2,3)41-26(39)34-22-16-23(35-10-12-40-13-11-35)20(28(29,30)31)15-21(22)33-25(38)17-24(37)18-6-4-7-19(14-18)36-9-5-8-32-36/h4-9,14-16H,10-13,17H2,1-3H3,(H,33,38)(H,34,39). The number of amides is 2. The molecule has 1 aromatic heterocycles. The summed E-state index contributed by atoms with van der Waals surface area (Å²) in [5.74, 6) is -1.42. The van der Waals surface area contributed by atoms with Crippen molar-refractivity contribution in [2.24, 2.45) is 0 Å². The Balaban J connectivity index is 1.63. The summed E-state index contributed by atoms with van der Waals surface area (Å²) in [5.41, 5.74) is -1.71. The van der Waals surface area contributed by atoms with Crippen molar-refractivity contribution in [3.05, 3.63) is 66.0 Å². The minimum absolute atomic E-state index is 0.116. The topological polar surface area (TPSA) is 115 Å². The molecule has 1 saturated heterocycles. The van der Waals surface area contributed by atoms with E-state index in [1.807, 2.05) is 0 Å². The van der Waals surface area contributed by atoms with Gasteiger partial charge in [-0.15, -0.1) is 0 Å². The Morgan fingerprint density at radius 1 is 1.00 bits per heavy atom. The number of carbonyl (C=O) groups excluding carboxylic acids is 3. The van der Waals surface area contributed by atoms with Gasteiger partial charge in [0.15, 0.2) is 5.78 Å². The molecule has 218 valence electrons. The monoisotopic (exact) mass is 573 g/mol. The van der Waals surface area contributed by atoms with Crippen LogP contribution < -0.4 is 15.5 Å². The van der Waals surface area contributed by atoms with Crippen molar-refractivity contribution in [1.29, 1.82) is 0 Å². The van der Waals surface area contributed by atoms with Crippen molar-refractivity contribution < 1.29 is 37.0 Å². The summed E-state index contributed by atoms with van der Waals surface area (Å²) in [4.78, 5) is 39.9. The average Bonchev–Trinajstić information content (AvgIpc) is 3.43. The molecule has 0 spiro atoms. The highest BCUT2D eigenvalue weighted by atomic mass is 19.4. The zero-order valence-electron chi connectivity index (χ0n) is 22.7. The number of aromatic nitrogens is 2. The average molecular weight is 574 g/mol. The van der Waals surface area contributed by atoms with Gasteiger partial charge in [0.05, 0.1) is 47.9 Å². The quantitative estimate of drug-likeness (QED) is 0.292. The Hall–Kier alpha value is -4.39. The van der Waals surface area contributed by atoms with E-state index in [-0.39, 0.29) is 48.9 Å². The lowest BCUT2D eigenvalue weighted by Gasteiger charge is -2.32. The number of ketones is 1. The first-order chi connectivity index (χ1) is 19.3.